The van der Waals surface area contributed by atoms with Crippen LogP contribution in [0.5, 0.6) is 5.75 Å². The highest BCUT2D eigenvalue weighted by molar-refractivity contribution is 6.03. The van der Waals surface area contributed by atoms with Crippen molar-refractivity contribution in [1.29, 1.82) is 0 Å². The fourth-order valence-corrected chi connectivity index (χ4v) is 1.30. The van der Waals surface area contributed by atoms with E-state index in [9.17, 15) is 31.5 Å². The summed E-state index contributed by atoms with van der Waals surface area (Å²) in [5.74, 6) is -4.71. The van der Waals surface area contributed by atoms with E-state index in [1.807, 2.05) is 0 Å². The lowest BCUT2D eigenvalue weighted by atomic mass is 10.1. The average Bonchev–Trinajstić information content (AvgIpc) is 2.35. The van der Waals surface area contributed by atoms with Gasteiger partial charge in [0.2, 0.25) is 0 Å². The number of aromatic carboxylic acids is 1. The number of carboxylic acids is 1. The third-order valence-electron chi connectivity index (χ3n) is 2.12. The highest BCUT2D eigenvalue weighted by Gasteiger charge is 2.39. The maximum Gasteiger partial charge on any atom is 0.471 e. The van der Waals surface area contributed by atoms with Gasteiger partial charge in [-0.2, -0.15) is 13.2 Å². The topological polar surface area (TPSA) is 75.6 Å². The molecule has 1 aromatic carbocycles. The van der Waals surface area contributed by atoms with Crippen molar-refractivity contribution < 1.29 is 41.4 Å². The summed E-state index contributed by atoms with van der Waals surface area (Å²) in [7, 11) is 0. The fourth-order valence-electron chi connectivity index (χ4n) is 1.30. The second-order valence-corrected chi connectivity index (χ2v) is 3.64. The Hall–Kier alpha value is -2.39. The molecule has 0 aromatic heterocycles. The smallest absolute Gasteiger partial charge is 0.471 e. The first kappa shape index (κ1) is 16.7. The van der Waals surface area contributed by atoms with Gasteiger partial charge in [-0.1, -0.05) is 6.07 Å². The first-order chi connectivity index (χ1) is 9.62. The standard InChI is InChI=1S/C11H8F5NO4/c12-7(13)4-21-6-3-1-2-5(9(18)19)8(6)17-10(20)11(14,15)16/h1-3,7H,4H2,(H,17,20)(H,18,19). The molecule has 2 N–H and O–H groups in total. The van der Waals surface area contributed by atoms with E-state index in [-0.39, 0.29) is 0 Å². The van der Waals surface area contributed by atoms with Crippen molar-refractivity contribution in [2.24, 2.45) is 0 Å². The van der Waals surface area contributed by atoms with Crippen LogP contribution in [0, 0.1) is 0 Å². The van der Waals surface area contributed by atoms with Gasteiger partial charge in [0, 0.05) is 0 Å². The second-order valence-electron chi connectivity index (χ2n) is 3.64. The molecule has 0 spiro atoms. The largest absolute Gasteiger partial charge is 0.485 e. The number of halogens is 5. The molecule has 21 heavy (non-hydrogen) atoms. The molecule has 10 heteroatoms. The van der Waals surface area contributed by atoms with Crippen LogP contribution in [0.1, 0.15) is 10.4 Å². The van der Waals surface area contributed by atoms with Gasteiger partial charge in [-0.15, -0.1) is 0 Å². The number of rotatable bonds is 5. The predicted octanol–water partition coefficient (Wildman–Crippen LogP) is 2.53. The lowest BCUT2D eigenvalue weighted by Crippen LogP contribution is -2.31. The minimum absolute atomic E-state index is 0.604. The summed E-state index contributed by atoms with van der Waals surface area (Å²) < 4.78 is 65.2. The van der Waals surface area contributed by atoms with Crippen LogP contribution in [0.25, 0.3) is 0 Å². The van der Waals surface area contributed by atoms with Crippen LogP contribution in [0.15, 0.2) is 18.2 Å². The number of alkyl halides is 5. The molecule has 0 unspecified atom stereocenters. The maximum absolute atomic E-state index is 12.2. The Morgan fingerprint density at radius 1 is 1.29 bits per heavy atom. The first-order valence-corrected chi connectivity index (χ1v) is 5.28. The molecule has 0 saturated carbocycles. The lowest BCUT2D eigenvalue weighted by molar-refractivity contribution is -0.167. The highest BCUT2D eigenvalue weighted by atomic mass is 19.4. The monoisotopic (exact) mass is 313 g/mol. The van der Waals surface area contributed by atoms with Crippen LogP contribution in [0.2, 0.25) is 0 Å². The van der Waals surface area contributed by atoms with Crippen molar-refractivity contribution >= 4 is 17.6 Å². The second kappa shape index (κ2) is 6.37. The van der Waals surface area contributed by atoms with E-state index in [0.29, 0.717) is 0 Å². The van der Waals surface area contributed by atoms with E-state index in [4.69, 9.17) is 5.11 Å². The molecule has 0 radical (unpaired) electrons. The molecular weight excluding hydrogens is 305 g/mol. The van der Waals surface area contributed by atoms with Crippen LogP contribution >= 0.6 is 0 Å². The zero-order valence-corrected chi connectivity index (χ0v) is 10.1. The number of hydrogen-bond donors (Lipinski definition) is 2. The summed E-state index contributed by atoms with van der Waals surface area (Å²) in [6, 6.07) is 2.93. The Kier molecular flexibility index (Phi) is 5.06. The van der Waals surface area contributed by atoms with Crippen LogP contribution < -0.4 is 10.1 Å². The zero-order chi connectivity index (χ0) is 16.2. The quantitative estimate of drug-likeness (QED) is 0.819. The first-order valence-electron chi connectivity index (χ1n) is 5.28. The SMILES string of the molecule is O=C(O)c1cccc(OCC(F)F)c1NC(=O)C(F)(F)F. The average molecular weight is 313 g/mol. The summed E-state index contributed by atoms with van der Waals surface area (Å²) in [6.07, 6.45) is -8.20. The molecule has 0 bridgehead atoms. The fraction of sp³-hybridized carbons (Fsp3) is 0.273. The van der Waals surface area contributed by atoms with Gasteiger partial charge in [0.25, 0.3) is 6.43 Å². The van der Waals surface area contributed by atoms with Crippen molar-refractivity contribution in [3.8, 4) is 5.75 Å². The summed E-state index contributed by atoms with van der Waals surface area (Å²) in [4.78, 5) is 21.8. The van der Waals surface area contributed by atoms with Gasteiger partial charge < -0.3 is 15.2 Å². The van der Waals surface area contributed by atoms with Gasteiger partial charge in [-0.05, 0) is 12.1 Å². The zero-order valence-electron chi connectivity index (χ0n) is 10.1. The highest BCUT2D eigenvalue weighted by Crippen LogP contribution is 2.31. The Morgan fingerprint density at radius 2 is 1.90 bits per heavy atom. The number of nitrogens with one attached hydrogen (secondary N) is 1. The summed E-state index contributed by atoms with van der Waals surface area (Å²) in [6.45, 7) is -1.17. The third kappa shape index (κ3) is 4.58. The maximum atomic E-state index is 12.2. The van der Waals surface area contributed by atoms with Crippen LogP contribution in [0.3, 0.4) is 0 Å². The van der Waals surface area contributed by atoms with E-state index in [0.717, 1.165) is 18.2 Å². The molecule has 0 fully saturated rings. The molecule has 0 atom stereocenters. The van der Waals surface area contributed by atoms with Crippen LogP contribution in [0.4, 0.5) is 27.6 Å². The van der Waals surface area contributed by atoms with Crippen molar-refractivity contribution in [3.63, 3.8) is 0 Å². The number of carbonyl (C=O) groups is 2. The molecule has 0 heterocycles. The molecule has 1 rings (SSSR count). The molecule has 0 aliphatic rings. The van der Waals surface area contributed by atoms with Crippen molar-refractivity contribution in [2.45, 2.75) is 12.6 Å². The van der Waals surface area contributed by atoms with Gasteiger partial charge >= 0.3 is 18.1 Å². The Labute approximate surface area is 114 Å². The normalized spacial score (nSPS) is 11.3. The molecule has 116 valence electrons. The third-order valence-corrected chi connectivity index (χ3v) is 2.12. The number of para-hydroxylation sites is 1. The Morgan fingerprint density at radius 3 is 2.38 bits per heavy atom. The van der Waals surface area contributed by atoms with Crippen LogP contribution in [-0.4, -0.2) is 36.2 Å². The molecule has 1 amide bonds. The van der Waals surface area contributed by atoms with E-state index in [1.165, 1.54) is 5.32 Å². The van der Waals surface area contributed by atoms with Gasteiger partial charge in [0.15, 0.2) is 0 Å². The van der Waals surface area contributed by atoms with Crippen molar-refractivity contribution in [1.82, 2.24) is 0 Å². The molecule has 5 nitrogen and oxygen atoms in total. The number of ether oxygens (including phenoxy) is 1. The van der Waals surface area contributed by atoms with Gasteiger partial charge in [0.05, 0.1) is 11.3 Å². The van der Waals surface area contributed by atoms with Gasteiger partial charge in [-0.3, -0.25) is 4.79 Å². The van der Waals surface area contributed by atoms with E-state index in [1.54, 1.807) is 0 Å². The minimum Gasteiger partial charge on any atom is -0.485 e. The molecule has 0 aliphatic carbocycles. The van der Waals surface area contributed by atoms with E-state index >= 15 is 0 Å². The van der Waals surface area contributed by atoms with Crippen molar-refractivity contribution in [3.05, 3.63) is 23.8 Å². The van der Waals surface area contributed by atoms with E-state index in [2.05, 4.69) is 4.74 Å². The molecule has 0 aliphatic heterocycles. The molecular formula is C11H8F5NO4. The number of carboxylic acid groups (broad SMARTS) is 1. The lowest BCUT2D eigenvalue weighted by Gasteiger charge is -2.15. The number of anilines is 1. The summed E-state index contributed by atoms with van der Waals surface area (Å²) in [5.41, 5.74) is -1.56. The summed E-state index contributed by atoms with van der Waals surface area (Å²) in [5, 5.41) is 10.2. The predicted molar refractivity (Wildman–Crippen MR) is 59.6 cm³/mol. The molecule has 0 saturated heterocycles. The van der Waals surface area contributed by atoms with Gasteiger partial charge in [-0.25, -0.2) is 13.6 Å². The minimum atomic E-state index is -5.27. The van der Waals surface area contributed by atoms with Gasteiger partial charge in [0.1, 0.15) is 12.4 Å². The molecule has 1 aromatic rings. The number of carbonyl (C=O) groups excluding carboxylic acids is 1. The number of benzene rings is 1. The van der Waals surface area contributed by atoms with Crippen LogP contribution in [-0.2, 0) is 4.79 Å². The number of amides is 1. The van der Waals surface area contributed by atoms with Crippen molar-refractivity contribution in [2.75, 3.05) is 11.9 Å². The number of hydrogen-bond acceptors (Lipinski definition) is 3. The Bertz CT molecular complexity index is 544. The summed E-state index contributed by atoms with van der Waals surface area (Å²) >= 11 is 0. The van der Waals surface area contributed by atoms with E-state index < -0.39 is 48.1 Å². The Balaban J connectivity index is 3.17.